The van der Waals surface area contributed by atoms with Crippen molar-refractivity contribution in [1.82, 2.24) is 4.90 Å². The molecule has 120 valence electrons. The van der Waals surface area contributed by atoms with E-state index in [1.54, 1.807) is 7.11 Å². The van der Waals surface area contributed by atoms with Gasteiger partial charge in [-0.3, -0.25) is 4.90 Å². The first kappa shape index (κ1) is 16.0. The first-order valence-electron chi connectivity index (χ1n) is 7.56. The molecular weight excluding hydrogens is 302 g/mol. The van der Waals surface area contributed by atoms with Gasteiger partial charge in [-0.05, 0) is 30.3 Å². The fraction of sp³-hybridized carbons (Fsp3) is 0.263. The quantitative estimate of drug-likeness (QED) is 0.869. The van der Waals surface area contributed by atoms with E-state index in [2.05, 4.69) is 12.1 Å². The molecule has 2 aromatic carbocycles. The van der Waals surface area contributed by atoms with Crippen molar-refractivity contribution < 1.29 is 9.47 Å². The topological polar surface area (TPSA) is 69.3 Å². The number of hydrogen-bond acceptors (Lipinski definition) is 5. The Bertz CT molecular complexity index is 776. The summed E-state index contributed by atoms with van der Waals surface area (Å²) in [5.41, 5.74) is 0.187. The predicted molar refractivity (Wildman–Crippen MR) is 87.7 cm³/mol. The van der Waals surface area contributed by atoms with Crippen molar-refractivity contribution in [3.8, 4) is 17.9 Å². The van der Waals surface area contributed by atoms with E-state index in [0.717, 1.165) is 16.9 Å². The molecule has 0 aliphatic carbocycles. The minimum Gasteiger partial charge on any atom is -0.497 e. The summed E-state index contributed by atoms with van der Waals surface area (Å²) < 4.78 is 11.1. The van der Waals surface area contributed by atoms with E-state index >= 15 is 0 Å². The van der Waals surface area contributed by atoms with Gasteiger partial charge < -0.3 is 9.47 Å². The summed E-state index contributed by atoms with van der Waals surface area (Å²) in [4.78, 5) is 1.92. The van der Waals surface area contributed by atoms with E-state index in [9.17, 15) is 10.5 Å². The predicted octanol–water partition coefficient (Wildman–Crippen LogP) is 3.18. The van der Waals surface area contributed by atoms with Crippen LogP contribution in [-0.4, -0.2) is 24.7 Å². The van der Waals surface area contributed by atoms with Crippen LogP contribution in [0, 0.1) is 22.7 Å². The van der Waals surface area contributed by atoms with Crippen molar-refractivity contribution in [2.45, 2.75) is 17.9 Å². The first-order chi connectivity index (χ1) is 11.6. The van der Waals surface area contributed by atoms with Gasteiger partial charge in [-0.2, -0.15) is 10.5 Å². The van der Waals surface area contributed by atoms with Crippen molar-refractivity contribution in [2.75, 3.05) is 14.2 Å². The third-order valence-corrected chi connectivity index (χ3v) is 4.31. The number of ether oxygens (including phenoxy) is 2. The number of likely N-dealkylation sites (N-methyl/N-ethyl adjacent to an activating group) is 1. The third kappa shape index (κ3) is 2.51. The van der Waals surface area contributed by atoms with Crippen LogP contribution < -0.4 is 4.74 Å². The first-order valence-corrected chi connectivity index (χ1v) is 7.56. The lowest BCUT2D eigenvalue weighted by atomic mass is 9.91. The zero-order chi connectivity index (χ0) is 17.2. The van der Waals surface area contributed by atoms with Crippen LogP contribution in [0.4, 0.5) is 0 Å². The number of rotatable bonds is 3. The molecule has 0 saturated carbocycles. The van der Waals surface area contributed by atoms with E-state index in [0.29, 0.717) is 0 Å². The second-order valence-electron chi connectivity index (χ2n) is 5.68. The van der Waals surface area contributed by atoms with Gasteiger partial charge in [0.05, 0.1) is 13.2 Å². The monoisotopic (exact) mass is 319 g/mol. The van der Waals surface area contributed by atoms with E-state index in [1.807, 2.05) is 66.5 Å². The molecule has 1 fully saturated rings. The molecule has 5 nitrogen and oxygen atoms in total. The highest BCUT2D eigenvalue weighted by atomic mass is 16.5. The molecule has 0 radical (unpaired) electrons. The van der Waals surface area contributed by atoms with Crippen LogP contribution in [0.25, 0.3) is 0 Å². The maximum absolute atomic E-state index is 9.67. The maximum Gasteiger partial charge on any atom is 0.262 e. The van der Waals surface area contributed by atoms with Gasteiger partial charge in [0, 0.05) is 0 Å². The summed E-state index contributed by atoms with van der Waals surface area (Å²) in [5.74, 6) is 0.742. The van der Waals surface area contributed by atoms with Crippen molar-refractivity contribution >= 4 is 0 Å². The van der Waals surface area contributed by atoms with Crippen molar-refractivity contribution in [3.63, 3.8) is 0 Å². The van der Waals surface area contributed by atoms with Gasteiger partial charge in [-0.25, -0.2) is 0 Å². The summed E-state index contributed by atoms with van der Waals surface area (Å²) in [6, 6.07) is 20.6. The van der Waals surface area contributed by atoms with E-state index in [1.165, 1.54) is 0 Å². The minimum atomic E-state index is -1.55. The Kier molecular flexibility index (Phi) is 4.22. The third-order valence-electron chi connectivity index (χ3n) is 4.31. The van der Waals surface area contributed by atoms with Crippen LogP contribution in [0.3, 0.4) is 0 Å². The van der Waals surface area contributed by atoms with Gasteiger partial charge >= 0.3 is 0 Å². The van der Waals surface area contributed by atoms with Gasteiger partial charge in [-0.15, -0.1) is 0 Å². The number of hydrogen-bond donors (Lipinski definition) is 0. The Morgan fingerprint density at radius 1 is 1.00 bits per heavy atom. The van der Waals surface area contributed by atoms with Crippen molar-refractivity contribution in [2.24, 2.45) is 0 Å². The number of methoxy groups -OCH3 is 1. The lowest BCUT2D eigenvalue weighted by molar-refractivity contribution is -0.00209. The molecule has 2 aromatic rings. The molecule has 1 heterocycles. The Labute approximate surface area is 141 Å². The van der Waals surface area contributed by atoms with Gasteiger partial charge in [0.15, 0.2) is 0 Å². The number of nitriles is 2. The second kappa shape index (κ2) is 6.33. The molecule has 0 N–H and O–H groups in total. The maximum atomic E-state index is 9.67. The van der Waals surface area contributed by atoms with E-state index < -0.39 is 17.9 Å². The molecule has 0 bridgehead atoms. The van der Waals surface area contributed by atoms with Crippen LogP contribution in [0.1, 0.15) is 23.4 Å². The molecule has 3 rings (SSSR count). The molecule has 2 atom stereocenters. The van der Waals surface area contributed by atoms with Crippen LogP contribution in [0.2, 0.25) is 0 Å². The SMILES string of the molecule is COc1ccc(C2OC(C#N)(C#N)C(c3ccccc3)N2C)cc1. The van der Waals surface area contributed by atoms with Gasteiger partial charge in [0.1, 0.15) is 24.1 Å². The van der Waals surface area contributed by atoms with Crippen LogP contribution in [0.15, 0.2) is 54.6 Å². The second-order valence-corrected chi connectivity index (χ2v) is 5.68. The molecular formula is C19H17N3O2. The summed E-state index contributed by atoms with van der Waals surface area (Å²) in [5, 5.41) is 19.3. The number of nitrogens with zero attached hydrogens (tertiary/aromatic N) is 3. The standard InChI is InChI=1S/C19H17N3O2/c1-22-17(14-6-4-3-5-7-14)19(12-20,13-21)24-18(22)15-8-10-16(23-2)11-9-15/h3-11,17-18H,1-2H3. The largest absolute Gasteiger partial charge is 0.497 e. The Morgan fingerprint density at radius 3 is 2.17 bits per heavy atom. The lowest BCUT2D eigenvalue weighted by Gasteiger charge is -2.25. The molecule has 0 aromatic heterocycles. The molecule has 1 aliphatic heterocycles. The molecule has 2 unspecified atom stereocenters. The average Bonchev–Trinajstić information content (AvgIpc) is 2.95. The molecule has 1 saturated heterocycles. The molecule has 24 heavy (non-hydrogen) atoms. The summed E-state index contributed by atoms with van der Waals surface area (Å²) in [6.45, 7) is 0. The minimum absolute atomic E-state index is 0.471. The highest BCUT2D eigenvalue weighted by Gasteiger charge is 2.54. The Balaban J connectivity index is 2.03. The normalized spacial score (nSPS) is 22.5. The fourth-order valence-corrected chi connectivity index (χ4v) is 3.12. The van der Waals surface area contributed by atoms with Gasteiger partial charge in [0.2, 0.25) is 0 Å². The molecule has 5 heteroatoms. The summed E-state index contributed by atoms with van der Waals surface area (Å²) in [7, 11) is 3.47. The van der Waals surface area contributed by atoms with Crippen LogP contribution in [-0.2, 0) is 4.74 Å². The van der Waals surface area contributed by atoms with Crippen molar-refractivity contribution in [1.29, 1.82) is 10.5 Å². The Morgan fingerprint density at radius 2 is 1.62 bits per heavy atom. The van der Waals surface area contributed by atoms with E-state index in [4.69, 9.17) is 9.47 Å². The number of benzene rings is 2. The zero-order valence-electron chi connectivity index (χ0n) is 13.5. The molecule has 0 spiro atoms. The van der Waals surface area contributed by atoms with Crippen LogP contribution in [0.5, 0.6) is 5.75 Å². The van der Waals surface area contributed by atoms with Gasteiger partial charge in [-0.1, -0.05) is 42.5 Å². The highest BCUT2D eigenvalue weighted by molar-refractivity contribution is 5.37. The Hall–Kier alpha value is -2.86. The van der Waals surface area contributed by atoms with Crippen molar-refractivity contribution in [3.05, 3.63) is 65.7 Å². The summed E-state index contributed by atoms with van der Waals surface area (Å²) >= 11 is 0. The molecule has 1 aliphatic rings. The van der Waals surface area contributed by atoms with Crippen LogP contribution >= 0.6 is 0 Å². The smallest absolute Gasteiger partial charge is 0.262 e. The lowest BCUT2D eigenvalue weighted by Crippen LogP contribution is -2.34. The fourth-order valence-electron chi connectivity index (χ4n) is 3.12. The summed E-state index contributed by atoms with van der Waals surface area (Å²) in [6.07, 6.45) is -0.486. The van der Waals surface area contributed by atoms with E-state index in [-0.39, 0.29) is 0 Å². The zero-order valence-corrected chi connectivity index (χ0v) is 13.5. The average molecular weight is 319 g/mol. The molecule has 0 amide bonds. The van der Waals surface area contributed by atoms with Gasteiger partial charge in [0.25, 0.3) is 5.60 Å². The highest BCUT2D eigenvalue weighted by Crippen LogP contribution is 2.47.